The molecule has 3 nitrogen and oxygen atoms in total. The first-order valence-electron chi connectivity index (χ1n) is 4.91. The van der Waals surface area contributed by atoms with Gasteiger partial charge in [0.25, 0.3) is 0 Å². The smallest absolute Gasteiger partial charge is 0.148 e. The highest BCUT2D eigenvalue weighted by Gasteiger charge is 2.06. The van der Waals surface area contributed by atoms with Crippen LogP contribution in [0.1, 0.15) is 11.8 Å². The molecule has 1 unspecified atom stereocenters. The average molecular weight is 247 g/mol. The van der Waals surface area contributed by atoms with Gasteiger partial charge >= 0.3 is 0 Å². The number of thiophene rings is 1. The molecule has 86 valence electrons. The van der Waals surface area contributed by atoms with E-state index in [0.717, 1.165) is 6.42 Å². The number of nitrogens with one attached hydrogen (secondary N) is 1. The van der Waals surface area contributed by atoms with E-state index in [4.69, 9.17) is 0 Å². The van der Waals surface area contributed by atoms with Gasteiger partial charge in [0.2, 0.25) is 0 Å². The van der Waals surface area contributed by atoms with Crippen LogP contribution in [0.5, 0.6) is 0 Å². The standard InChI is InChI=1S/C10H17NO2S2/c1-9(8-10-4-3-6-14-10)11-5-7-15(2,12)13/h3-4,6,9,11H,5,7-8H2,1-2H3. The Bertz CT molecular complexity index is 370. The molecule has 0 saturated carbocycles. The van der Waals surface area contributed by atoms with E-state index in [9.17, 15) is 8.42 Å². The first-order valence-corrected chi connectivity index (χ1v) is 7.85. The normalized spacial score (nSPS) is 14.0. The summed E-state index contributed by atoms with van der Waals surface area (Å²) in [5, 5.41) is 5.26. The van der Waals surface area contributed by atoms with Crippen molar-refractivity contribution in [3.63, 3.8) is 0 Å². The molecule has 1 aromatic rings. The third kappa shape index (κ3) is 5.92. The van der Waals surface area contributed by atoms with Crippen LogP contribution in [0.15, 0.2) is 17.5 Å². The lowest BCUT2D eigenvalue weighted by atomic mass is 10.2. The molecule has 0 bridgehead atoms. The highest BCUT2D eigenvalue weighted by atomic mass is 32.2. The second-order valence-electron chi connectivity index (χ2n) is 3.77. The molecule has 15 heavy (non-hydrogen) atoms. The SMILES string of the molecule is CC(Cc1cccs1)NCCS(C)(=O)=O. The fourth-order valence-electron chi connectivity index (χ4n) is 1.29. The van der Waals surface area contributed by atoms with E-state index >= 15 is 0 Å². The molecule has 0 aliphatic heterocycles. The minimum absolute atomic E-state index is 0.210. The van der Waals surface area contributed by atoms with Gasteiger partial charge in [-0.05, 0) is 24.8 Å². The largest absolute Gasteiger partial charge is 0.313 e. The van der Waals surface area contributed by atoms with Crippen molar-refractivity contribution in [1.29, 1.82) is 0 Å². The van der Waals surface area contributed by atoms with E-state index in [-0.39, 0.29) is 5.75 Å². The van der Waals surface area contributed by atoms with E-state index in [1.54, 1.807) is 11.3 Å². The van der Waals surface area contributed by atoms with E-state index in [1.165, 1.54) is 11.1 Å². The molecule has 0 fully saturated rings. The van der Waals surface area contributed by atoms with Crippen molar-refractivity contribution in [1.82, 2.24) is 5.32 Å². The lowest BCUT2D eigenvalue weighted by molar-refractivity contribution is 0.558. The lowest BCUT2D eigenvalue weighted by Gasteiger charge is -2.11. The Balaban J connectivity index is 2.22. The zero-order chi connectivity index (χ0) is 11.3. The van der Waals surface area contributed by atoms with Crippen molar-refractivity contribution in [2.75, 3.05) is 18.6 Å². The van der Waals surface area contributed by atoms with Crippen molar-refractivity contribution in [2.24, 2.45) is 0 Å². The van der Waals surface area contributed by atoms with Gasteiger partial charge < -0.3 is 5.32 Å². The highest BCUT2D eigenvalue weighted by Crippen LogP contribution is 2.10. The maximum absolute atomic E-state index is 10.9. The predicted octanol–water partition coefficient (Wildman–Crippen LogP) is 1.31. The molecule has 1 aromatic heterocycles. The average Bonchev–Trinajstić information content (AvgIpc) is 2.54. The maximum atomic E-state index is 10.9. The van der Waals surface area contributed by atoms with Crippen molar-refractivity contribution in [2.45, 2.75) is 19.4 Å². The second-order valence-corrected chi connectivity index (χ2v) is 7.06. The van der Waals surface area contributed by atoms with Crippen molar-refractivity contribution < 1.29 is 8.42 Å². The Kier molecular flexibility index (Phi) is 4.76. The van der Waals surface area contributed by atoms with Crippen LogP contribution in [-0.4, -0.2) is 33.0 Å². The van der Waals surface area contributed by atoms with Gasteiger partial charge in [0.05, 0.1) is 5.75 Å². The molecule has 1 heterocycles. The van der Waals surface area contributed by atoms with Gasteiger partial charge in [-0.1, -0.05) is 6.07 Å². The quantitative estimate of drug-likeness (QED) is 0.824. The fourth-order valence-corrected chi connectivity index (χ4v) is 2.62. The van der Waals surface area contributed by atoms with Gasteiger partial charge in [-0.2, -0.15) is 0 Å². The van der Waals surface area contributed by atoms with Gasteiger partial charge in [0.15, 0.2) is 0 Å². The molecule has 0 saturated heterocycles. The topological polar surface area (TPSA) is 46.2 Å². The number of rotatable bonds is 6. The first kappa shape index (κ1) is 12.7. The second kappa shape index (κ2) is 5.63. The minimum atomic E-state index is -2.84. The molecule has 0 aliphatic rings. The van der Waals surface area contributed by atoms with Gasteiger partial charge in [0, 0.05) is 23.7 Å². The molecule has 0 spiro atoms. The molecular weight excluding hydrogens is 230 g/mol. The third-order valence-corrected chi connectivity index (χ3v) is 3.90. The van der Waals surface area contributed by atoms with Gasteiger partial charge in [0.1, 0.15) is 9.84 Å². The van der Waals surface area contributed by atoms with E-state index in [1.807, 2.05) is 6.07 Å². The van der Waals surface area contributed by atoms with Crippen LogP contribution in [0.25, 0.3) is 0 Å². The first-order chi connectivity index (χ1) is 6.97. The van der Waals surface area contributed by atoms with Crippen LogP contribution in [-0.2, 0) is 16.3 Å². The molecule has 0 amide bonds. The summed E-state index contributed by atoms with van der Waals surface area (Å²) in [6, 6.07) is 4.45. The summed E-state index contributed by atoms with van der Waals surface area (Å²) in [6.07, 6.45) is 2.22. The van der Waals surface area contributed by atoms with Gasteiger partial charge in [-0.25, -0.2) is 8.42 Å². The summed E-state index contributed by atoms with van der Waals surface area (Å²) in [6.45, 7) is 2.60. The molecule has 1 rings (SSSR count). The number of sulfone groups is 1. The van der Waals surface area contributed by atoms with Crippen molar-refractivity contribution in [3.8, 4) is 0 Å². The molecular formula is C10H17NO2S2. The Morgan fingerprint density at radius 2 is 2.27 bits per heavy atom. The molecule has 0 aromatic carbocycles. The monoisotopic (exact) mass is 247 g/mol. The Morgan fingerprint density at radius 3 is 2.80 bits per heavy atom. The van der Waals surface area contributed by atoms with Crippen LogP contribution in [0.2, 0.25) is 0 Å². The van der Waals surface area contributed by atoms with Crippen LogP contribution < -0.4 is 5.32 Å². The van der Waals surface area contributed by atoms with Crippen molar-refractivity contribution in [3.05, 3.63) is 22.4 Å². The van der Waals surface area contributed by atoms with Gasteiger partial charge in [-0.3, -0.25) is 0 Å². The summed E-state index contributed by atoms with van der Waals surface area (Å²) in [5.74, 6) is 0.210. The predicted molar refractivity (Wildman–Crippen MR) is 65.2 cm³/mol. The van der Waals surface area contributed by atoms with E-state index in [2.05, 4.69) is 23.7 Å². The Hall–Kier alpha value is -0.390. The zero-order valence-corrected chi connectivity index (χ0v) is 10.7. The number of hydrogen-bond acceptors (Lipinski definition) is 4. The number of hydrogen-bond donors (Lipinski definition) is 1. The maximum Gasteiger partial charge on any atom is 0.148 e. The van der Waals surface area contributed by atoms with Crippen LogP contribution in [0.3, 0.4) is 0 Å². The van der Waals surface area contributed by atoms with Crippen molar-refractivity contribution >= 4 is 21.2 Å². The third-order valence-electron chi connectivity index (χ3n) is 2.05. The summed E-state index contributed by atoms with van der Waals surface area (Å²) in [7, 11) is -2.84. The Morgan fingerprint density at radius 1 is 1.53 bits per heavy atom. The fraction of sp³-hybridized carbons (Fsp3) is 0.600. The van der Waals surface area contributed by atoms with Crippen LogP contribution in [0, 0.1) is 0 Å². The molecule has 0 aliphatic carbocycles. The van der Waals surface area contributed by atoms with E-state index in [0.29, 0.717) is 12.6 Å². The summed E-state index contributed by atoms with van der Waals surface area (Å²) in [4.78, 5) is 1.33. The van der Waals surface area contributed by atoms with Crippen LogP contribution >= 0.6 is 11.3 Å². The van der Waals surface area contributed by atoms with Crippen LogP contribution in [0.4, 0.5) is 0 Å². The molecule has 1 atom stereocenters. The highest BCUT2D eigenvalue weighted by molar-refractivity contribution is 7.90. The minimum Gasteiger partial charge on any atom is -0.313 e. The zero-order valence-electron chi connectivity index (χ0n) is 9.06. The summed E-state index contributed by atoms with van der Waals surface area (Å²) in [5.41, 5.74) is 0. The molecule has 5 heteroatoms. The molecule has 0 radical (unpaired) electrons. The van der Waals surface area contributed by atoms with E-state index < -0.39 is 9.84 Å². The molecule has 1 N–H and O–H groups in total. The summed E-state index contributed by atoms with van der Waals surface area (Å²) >= 11 is 1.73. The lowest BCUT2D eigenvalue weighted by Crippen LogP contribution is -2.32. The summed E-state index contributed by atoms with van der Waals surface area (Å²) < 4.78 is 21.8. The van der Waals surface area contributed by atoms with Gasteiger partial charge in [-0.15, -0.1) is 11.3 Å². The Labute approximate surface area is 95.4 Å².